The van der Waals surface area contributed by atoms with E-state index < -0.39 is 40.5 Å². The van der Waals surface area contributed by atoms with Crippen molar-refractivity contribution in [2.24, 2.45) is 19.8 Å². The third kappa shape index (κ3) is 4.39. The molecule has 2 aliphatic rings. The van der Waals surface area contributed by atoms with Gasteiger partial charge in [-0.05, 0) is 26.2 Å². The molecule has 1 amide bonds. The lowest BCUT2D eigenvalue weighted by molar-refractivity contribution is -0.201. The molecule has 35 heavy (non-hydrogen) atoms. The Morgan fingerprint density at radius 2 is 1.91 bits per heavy atom. The highest BCUT2D eigenvalue weighted by atomic mass is 16.5. The van der Waals surface area contributed by atoms with Crippen molar-refractivity contribution >= 4 is 23.0 Å². The minimum Gasteiger partial charge on any atom is -0.481 e. The quantitative estimate of drug-likeness (QED) is 0.458. The number of carbonyl (C=O) groups is 2. The van der Waals surface area contributed by atoms with E-state index in [1.54, 1.807) is 23.4 Å². The molecule has 192 valence electrons. The predicted molar refractivity (Wildman–Crippen MR) is 124 cm³/mol. The van der Waals surface area contributed by atoms with Gasteiger partial charge in [-0.2, -0.15) is 0 Å². The number of aromatic nitrogens is 4. The number of aliphatic hydroxyl groups is 1. The molecule has 2 aromatic rings. The molecule has 13 nitrogen and oxygen atoms in total. The first-order chi connectivity index (χ1) is 16.4. The summed E-state index contributed by atoms with van der Waals surface area (Å²) >= 11 is 0. The number of aryl methyl sites for hydroxylation is 1. The highest BCUT2D eigenvalue weighted by Gasteiger charge is 2.50. The maximum absolute atomic E-state index is 13.0. The minimum atomic E-state index is -1.30. The Morgan fingerprint density at radius 1 is 1.26 bits per heavy atom. The molecule has 4 rings (SSSR count). The van der Waals surface area contributed by atoms with Crippen molar-refractivity contribution in [2.45, 2.75) is 62.3 Å². The van der Waals surface area contributed by atoms with Crippen LogP contribution in [0.2, 0.25) is 0 Å². The molecule has 4 heterocycles. The number of amides is 1. The molecule has 2 aromatic heterocycles. The van der Waals surface area contributed by atoms with Crippen LogP contribution in [0.25, 0.3) is 11.2 Å². The van der Waals surface area contributed by atoms with Crippen molar-refractivity contribution in [3.63, 3.8) is 0 Å². The summed E-state index contributed by atoms with van der Waals surface area (Å²) in [5.74, 6) is -1.29. The summed E-state index contributed by atoms with van der Waals surface area (Å²) in [6.45, 7) is 2.43. The lowest BCUT2D eigenvalue weighted by Crippen LogP contribution is -2.58. The first-order valence-electron chi connectivity index (χ1n) is 11.6. The molecular weight excluding hydrogens is 460 g/mol. The van der Waals surface area contributed by atoms with Crippen molar-refractivity contribution < 1.29 is 24.5 Å². The van der Waals surface area contributed by atoms with E-state index in [2.05, 4.69) is 4.98 Å². The van der Waals surface area contributed by atoms with Crippen molar-refractivity contribution in [2.75, 3.05) is 19.7 Å². The topological polar surface area (TPSA) is 175 Å². The smallest absolute Gasteiger partial charge is 0.332 e. The number of imidazole rings is 1. The van der Waals surface area contributed by atoms with Crippen LogP contribution in [0.15, 0.2) is 15.9 Å². The van der Waals surface area contributed by atoms with Gasteiger partial charge in [-0.1, -0.05) is 0 Å². The Morgan fingerprint density at radius 3 is 2.54 bits per heavy atom. The van der Waals surface area contributed by atoms with Gasteiger partial charge in [-0.3, -0.25) is 23.5 Å². The van der Waals surface area contributed by atoms with Gasteiger partial charge in [-0.25, -0.2) is 9.78 Å². The van der Waals surface area contributed by atoms with Crippen molar-refractivity contribution in [1.82, 2.24) is 23.6 Å². The lowest BCUT2D eigenvalue weighted by Gasteiger charge is -2.51. The van der Waals surface area contributed by atoms with E-state index in [1.165, 1.54) is 17.9 Å². The van der Waals surface area contributed by atoms with Gasteiger partial charge in [0.2, 0.25) is 5.91 Å². The Bertz CT molecular complexity index is 1270. The first-order valence-corrected chi connectivity index (χ1v) is 11.6. The van der Waals surface area contributed by atoms with Gasteiger partial charge >= 0.3 is 11.7 Å². The summed E-state index contributed by atoms with van der Waals surface area (Å²) in [5.41, 5.74) is 3.47. The monoisotopic (exact) mass is 492 g/mol. The van der Waals surface area contributed by atoms with Crippen LogP contribution >= 0.6 is 0 Å². The SMILES string of the molecule is Cn1c(=O)c2c(ncn2[C@H]2CC3(CCN(C(=O)[C@@H](N)CCC(=O)O)CC3)OC[C@]2(C)O)n(C)c1=O. The minimum absolute atomic E-state index is 0.0233. The summed E-state index contributed by atoms with van der Waals surface area (Å²) in [7, 11) is 2.94. The number of nitrogens with two attached hydrogens (primary N) is 1. The first kappa shape index (κ1) is 25.1. The fraction of sp³-hybridized carbons (Fsp3) is 0.682. The maximum atomic E-state index is 13.0. The van der Waals surface area contributed by atoms with E-state index in [1.807, 2.05) is 0 Å². The van der Waals surface area contributed by atoms with Gasteiger partial charge in [0.25, 0.3) is 5.56 Å². The fourth-order valence-corrected chi connectivity index (χ4v) is 5.14. The van der Waals surface area contributed by atoms with Gasteiger partial charge in [0, 0.05) is 40.0 Å². The molecule has 1 spiro atoms. The van der Waals surface area contributed by atoms with Crippen LogP contribution in [0.1, 0.15) is 45.1 Å². The van der Waals surface area contributed by atoms with E-state index in [9.17, 15) is 24.3 Å². The van der Waals surface area contributed by atoms with Crippen molar-refractivity contribution in [1.29, 1.82) is 0 Å². The number of ether oxygens (including phenoxy) is 1. The zero-order chi connectivity index (χ0) is 25.7. The third-order valence-electron chi connectivity index (χ3n) is 7.44. The molecule has 0 bridgehead atoms. The summed E-state index contributed by atoms with van der Waals surface area (Å²) in [6.07, 6.45) is 2.76. The summed E-state index contributed by atoms with van der Waals surface area (Å²) in [6, 6.07) is -1.42. The van der Waals surface area contributed by atoms with Crippen LogP contribution in [-0.4, -0.2) is 82.6 Å². The van der Waals surface area contributed by atoms with Gasteiger partial charge in [0.1, 0.15) is 5.60 Å². The average Bonchev–Trinajstić information content (AvgIpc) is 3.26. The van der Waals surface area contributed by atoms with Gasteiger partial charge in [0.05, 0.1) is 30.6 Å². The summed E-state index contributed by atoms with van der Waals surface area (Å²) < 4.78 is 10.1. The second-order valence-corrected chi connectivity index (χ2v) is 9.94. The van der Waals surface area contributed by atoms with E-state index in [4.69, 9.17) is 15.6 Å². The number of piperidine rings is 1. The number of aliphatic carboxylic acids is 1. The number of likely N-dealkylation sites (tertiary alicyclic amines) is 1. The van der Waals surface area contributed by atoms with Gasteiger partial charge in [0.15, 0.2) is 11.2 Å². The molecule has 2 saturated heterocycles. The Balaban J connectivity index is 1.57. The van der Waals surface area contributed by atoms with Crippen LogP contribution in [0.5, 0.6) is 0 Å². The zero-order valence-electron chi connectivity index (χ0n) is 20.1. The molecule has 3 atom stereocenters. The van der Waals surface area contributed by atoms with Gasteiger partial charge < -0.3 is 30.2 Å². The highest BCUT2D eigenvalue weighted by molar-refractivity contribution is 5.82. The Hall–Kier alpha value is -3.03. The number of nitrogens with zero attached hydrogens (tertiary/aromatic N) is 5. The normalized spacial score (nSPS) is 25.2. The third-order valence-corrected chi connectivity index (χ3v) is 7.44. The number of hydrogen-bond donors (Lipinski definition) is 3. The molecule has 0 unspecified atom stereocenters. The largest absolute Gasteiger partial charge is 0.481 e. The Kier molecular flexibility index (Phi) is 6.36. The zero-order valence-corrected chi connectivity index (χ0v) is 20.1. The molecular formula is C22H32N6O7. The van der Waals surface area contributed by atoms with Crippen LogP contribution in [-0.2, 0) is 28.4 Å². The average molecular weight is 493 g/mol. The molecule has 4 N–H and O–H groups in total. The number of carboxylic acids is 1. The predicted octanol–water partition coefficient (Wildman–Crippen LogP) is -1.30. The fourth-order valence-electron chi connectivity index (χ4n) is 5.14. The van der Waals surface area contributed by atoms with E-state index >= 15 is 0 Å². The highest BCUT2D eigenvalue weighted by Crippen LogP contribution is 2.44. The van der Waals surface area contributed by atoms with Crippen molar-refractivity contribution in [3.05, 3.63) is 27.2 Å². The standard InChI is InChI=1S/C22H32N6O7/c1-21(34)11-35-22(6-8-27(9-7-22)18(31)13(23)4-5-15(29)30)10-14(21)28-12-24-17-16(28)19(32)26(3)20(33)25(17)2/h12-14,34H,4-11,23H2,1-3H3,(H,29,30)/t13-,14-,21-/m0/s1. The maximum Gasteiger partial charge on any atom is 0.332 e. The number of carboxylic acid groups (broad SMARTS) is 1. The molecule has 0 aromatic carbocycles. The van der Waals surface area contributed by atoms with E-state index in [0.717, 1.165) is 4.57 Å². The molecule has 0 aliphatic carbocycles. The summed E-state index contributed by atoms with van der Waals surface area (Å²) in [4.78, 5) is 54.6. The Labute approximate surface area is 200 Å². The molecule has 13 heteroatoms. The van der Waals surface area contributed by atoms with E-state index in [-0.39, 0.29) is 36.5 Å². The molecule has 2 aliphatic heterocycles. The van der Waals surface area contributed by atoms with Crippen molar-refractivity contribution in [3.8, 4) is 0 Å². The molecule has 2 fully saturated rings. The number of carbonyl (C=O) groups excluding carboxylic acids is 1. The second-order valence-electron chi connectivity index (χ2n) is 9.94. The lowest BCUT2D eigenvalue weighted by atomic mass is 9.77. The van der Waals surface area contributed by atoms with E-state index in [0.29, 0.717) is 32.4 Å². The number of hydrogen-bond acceptors (Lipinski definition) is 8. The molecule has 0 saturated carbocycles. The van der Waals surface area contributed by atoms with Gasteiger partial charge in [-0.15, -0.1) is 0 Å². The second kappa shape index (κ2) is 8.88. The van der Waals surface area contributed by atoms with Crippen LogP contribution in [0.3, 0.4) is 0 Å². The van der Waals surface area contributed by atoms with Crippen LogP contribution in [0.4, 0.5) is 0 Å². The number of rotatable bonds is 5. The van der Waals surface area contributed by atoms with Crippen LogP contribution < -0.4 is 17.0 Å². The summed E-state index contributed by atoms with van der Waals surface area (Å²) in [5, 5.41) is 20.0. The van der Waals surface area contributed by atoms with Crippen LogP contribution in [0, 0.1) is 0 Å². The number of fused-ring (bicyclic) bond motifs is 1. The molecule has 0 radical (unpaired) electrons.